The predicted octanol–water partition coefficient (Wildman–Crippen LogP) is 2.99. The van der Waals surface area contributed by atoms with Crippen molar-refractivity contribution >= 4 is 12.0 Å². The Balaban J connectivity index is 0.931. The van der Waals surface area contributed by atoms with E-state index >= 15 is 0 Å². The first-order chi connectivity index (χ1) is 34.5. The lowest BCUT2D eigenvalue weighted by Crippen LogP contribution is -2.68. The Morgan fingerprint density at radius 2 is 1.59 bits per heavy atom. The lowest BCUT2D eigenvalue weighted by molar-refractivity contribution is -0.373. The number of esters is 1. The number of allylic oxidation sites excluding steroid dienone is 1. The van der Waals surface area contributed by atoms with Crippen LogP contribution >= 0.6 is 0 Å². The van der Waals surface area contributed by atoms with Crippen LogP contribution in [-0.2, 0) is 42.7 Å². The molecule has 9 N–H and O–H groups in total. The van der Waals surface area contributed by atoms with E-state index in [2.05, 4.69) is 40.7 Å². The minimum absolute atomic E-state index is 0.0244. The van der Waals surface area contributed by atoms with Crippen molar-refractivity contribution in [2.75, 3.05) is 26.4 Å². The number of carbonyl (C=O) groups excluding carboxylic acids is 1. The highest BCUT2D eigenvalue weighted by molar-refractivity contribution is 5.87. The van der Waals surface area contributed by atoms with Gasteiger partial charge in [0, 0.05) is 42.8 Å². The highest BCUT2D eigenvalue weighted by Crippen LogP contribution is 2.80. The maximum absolute atomic E-state index is 13.3. The number of rotatable bonds is 12. The van der Waals surface area contributed by atoms with Crippen LogP contribution in [-0.4, -0.2) is 175 Å². The van der Waals surface area contributed by atoms with Gasteiger partial charge in [-0.1, -0.05) is 44.1 Å². The highest BCUT2D eigenvalue weighted by Gasteiger charge is 2.81. The maximum Gasteiger partial charge on any atom is 0.331 e. The Labute approximate surface area is 427 Å². The van der Waals surface area contributed by atoms with Gasteiger partial charge in [0.05, 0.1) is 49.3 Å². The molecule has 5 aliphatic carbocycles. The van der Waals surface area contributed by atoms with Gasteiger partial charge in [0.2, 0.25) is 0 Å². The molecule has 408 valence electrons. The van der Waals surface area contributed by atoms with E-state index in [0.717, 1.165) is 56.6 Å². The van der Waals surface area contributed by atoms with Gasteiger partial charge in [0.1, 0.15) is 48.5 Å². The van der Waals surface area contributed by atoms with Gasteiger partial charge in [-0.15, -0.1) is 0 Å². The summed E-state index contributed by atoms with van der Waals surface area (Å²) in [5.41, 5.74) is -0.654. The van der Waals surface area contributed by atoms with Crippen molar-refractivity contribution in [3.8, 4) is 5.75 Å². The zero-order valence-electron chi connectivity index (χ0n) is 43.0. The molecule has 4 aliphatic heterocycles. The Morgan fingerprint density at radius 1 is 0.836 bits per heavy atom. The molecule has 4 heterocycles. The van der Waals surface area contributed by atoms with Gasteiger partial charge in [-0.3, -0.25) is 0 Å². The molecular weight excluding hydrogens is 949 g/mol. The summed E-state index contributed by atoms with van der Waals surface area (Å²) in [6.45, 7) is 12.2. The van der Waals surface area contributed by atoms with Crippen molar-refractivity contribution < 1.29 is 88.6 Å². The van der Waals surface area contributed by atoms with E-state index in [1.165, 1.54) is 18.2 Å². The van der Waals surface area contributed by atoms with E-state index < -0.39 is 116 Å². The van der Waals surface area contributed by atoms with Crippen LogP contribution in [0.1, 0.15) is 111 Å². The van der Waals surface area contributed by atoms with Gasteiger partial charge in [-0.2, -0.15) is 0 Å². The zero-order valence-corrected chi connectivity index (χ0v) is 43.0. The summed E-state index contributed by atoms with van der Waals surface area (Å²) in [4.78, 5) is 13.3. The van der Waals surface area contributed by atoms with Crippen molar-refractivity contribution in [1.29, 1.82) is 0 Å². The lowest BCUT2D eigenvalue weighted by Gasteiger charge is -2.70. The molecule has 10 rings (SSSR count). The summed E-state index contributed by atoms with van der Waals surface area (Å²) in [5.74, 6) is -2.11. The monoisotopic (exact) mass is 1030 g/mol. The molecule has 18 heteroatoms. The molecule has 2 spiro atoms. The number of aliphatic hydroxyl groups excluding tert-OH is 7. The summed E-state index contributed by atoms with van der Waals surface area (Å²) < 4.78 is 52.5. The normalized spacial score (nSPS) is 51.2. The first-order valence-corrected chi connectivity index (χ1v) is 26.8. The standard InChI is InChI=1S/C55H80O18/c1-28(2)20-32-22-52(5,65)47-33-13-14-37-50(3)17-7-18-53(6,38(50)16-19-51(37,4)54(33)26-55(47,72-32)67-27-54)73-48-46(68-35-21-30(23-56)40(61)41(35)62)44(34(59)25-66-48)71-49-45(43(64)42(63)36(24-57)69-49)70-39(60)15-10-29-8-11-31(58)12-9-29/h8-12,15,20,30,32-38,40-49,56-59,61-65H,7,13-14,16-19,21-27H2,1-6H3/b15-10+/t30-,32+,33?,34+,35+,36-,37?,38?,40-,41-,42-,43+,44+,45-,46-,47?,48-,49?,50-,51-,52+,53+,54+,55+/m1/s1. The molecule has 4 saturated heterocycles. The molecule has 9 aliphatic rings. The molecule has 0 amide bonds. The molecule has 73 heavy (non-hydrogen) atoms. The molecule has 24 atom stereocenters. The lowest BCUT2D eigenvalue weighted by atomic mass is 9.36. The molecule has 9 fully saturated rings. The van der Waals surface area contributed by atoms with Crippen LogP contribution in [0.2, 0.25) is 0 Å². The van der Waals surface area contributed by atoms with Crippen LogP contribution in [0.15, 0.2) is 42.0 Å². The van der Waals surface area contributed by atoms with E-state index in [0.29, 0.717) is 25.0 Å². The smallest absolute Gasteiger partial charge is 0.331 e. The van der Waals surface area contributed by atoms with E-state index in [1.807, 2.05) is 6.92 Å². The van der Waals surface area contributed by atoms with E-state index in [9.17, 15) is 50.8 Å². The minimum Gasteiger partial charge on any atom is -0.508 e. The second-order valence-corrected chi connectivity index (χ2v) is 24.6. The van der Waals surface area contributed by atoms with Crippen molar-refractivity contribution in [2.45, 2.75) is 202 Å². The van der Waals surface area contributed by atoms with Crippen LogP contribution in [0, 0.1) is 45.8 Å². The molecule has 0 aromatic heterocycles. The van der Waals surface area contributed by atoms with Gasteiger partial charge >= 0.3 is 5.97 Å². The Morgan fingerprint density at radius 3 is 2.29 bits per heavy atom. The van der Waals surface area contributed by atoms with E-state index in [1.54, 1.807) is 12.1 Å². The fourth-order valence-corrected chi connectivity index (χ4v) is 16.8. The summed E-state index contributed by atoms with van der Waals surface area (Å²) in [6, 6.07) is 6.02. The van der Waals surface area contributed by atoms with Crippen molar-refractivity contribution in [2.24, 2.45) is 45.8 Å². The second-order valence-electron chi connectivity index (χ2n) is 24.6. The molecular formula is C55H80O18. The number of hydrogen-bond acceptors (Lipinski definition) is 18. The summed E-state index contributed by atoms with van der Waals surface area (Å²) in [7, 11) is 0. The third-order valence-corrected chi connectivity index (χ3v) is 20.0. The van der Waals surface area contributed by atoms with Crippen LogP contribution in [0.3, 0.4) is 0 Å². The number of carbonyl (C=O) groups is 1. The Hall–Kier alpha value is -2.63. The topological polar surface area (TPSA) is 273 Å². The molecule has 2 bridgehead atoms. The van der Waals surface area contributed by atoms with Crippen LogP contribution in [0.25, 0.3) is 6.08 Å². The Kier molecular flexibility index (Phi) is 14.5. The SMILES string of the molecule is CC(C)=C[C@H]1C[C@](C)(O)C2C3CCC4[C@@]5(C)CCC[C@](C)(O[C@H]6OC[C@H](O)[C@H](OC7O[C@H](CO)[C@@H](O)[C@H](O)[C@H]7OC(=O)/C=C/c7ccc(O)cc7)[C@H]6O[C@H]6C[C@H](CO)[C@@H](O)[C@@H]6O)C5CC[C@@]4(C)[C@@]34CO[C@@]2(C4)O1. The average molecular weight is 1030 g/mol. The number of benzene rings is 1. The third-order valence-electron chi connectivity index (χ3n) is 20.0. The number of aliphatic hydroxyl groups is 8. The van der Waals surface area contributed by atoms with Crippen LogP contribution in [0.4, 0.5) is 0 Å². The number of phenols is 1. The molecule has 0 radical (unpaired) electrons. The fourth-order valence-electron chi connectivity index (χ4n) is 16.8. The first kappa shape index (κ1) is 53.8. The fraction of sp³-hybridized carbons (Fsp3) is 0.800. The van der Waals surface area contributed by atoms with Crippen LogP contribution in [0.5, 0.6) is 5.75 Å². The zero-order chi connectivity index (χ0) is 52.2. The molecule has 5 unspecified atom stereocenters. The third kappa shape index (κ3) is 8.97. The van der Waals surface area contributed by atoms with Gasteiger partial charge < -0.3 is 83.9 Å². The highest BCUT2D eigenvalue weighted by atomic mass is 16.8. The maximum atomic E-state index is 13.3. The summed E-state index contributed by atoms with van der Waals surface area (Å²) >= 11 is 0. The van der Waals surface area contributed by atoms with Gasteiger partial charge in [0.25, 0.3) is 0 Å². The molecule has 5 saturated carbocycles. The van der Waals surface area contributed by atoms with Crippen molar-refractivity contribution in [1.82, 2.24) is 0 Å². The quantitative estimate of drug-likeness (QED) is 0.0827. The van der Waals surface area contributed by atoms with Crippen LogP contribution < -0.4 is 0 Å². The number of ether oxygens (including phenoxy) is 8. The average Bonchev–Trinajstić information content (AvgIpc) is 3.95. The molecule has 1 aromatic rings. The van der Waals surface area contributed by atoms with Gasteiger partial charge in [0.15, 0.2) is 24.5 Å². The van der Waals surface area contributed by atoms with Crippen molar-refractivity contribution in [3.05, 3.63) is 47.6 Å². The van der Waals surface area contributed by atoms with Gasteiger partial charge in [-0.25, -0.2) is 4.79 Å². The summed E-state index contributed by atoms with van der Waals surface area (Å²) in [6.07, 6.45) is -5.92. The predicted molar refractivity (Wildman–Crippen MR) is 259 cm³/mol. The van der Waals surface area contributed by atoms with E-state index in [-0.39, 0.29) is 64.8 Å². The van der Waals surface area contributed by atoms with E-state index in [4.69, 9.17) is 37.9 Å². The molecule has 18 nitrogen and oxygen atoms in total. The molecule has 1 aromatic carbocycles. The minimum atomic E-state index is -1.83. The number of fused-ring (bicyclic) bond motifs is 4. The number of hydrogen-bond donors (Lipinski definition) is 9. The first-order valence-electron chi connectivity index (χ1n) is 26.8. The summed E-state index contributed by atoms with van der Waals surface area (Å²) in [5, 5.41) is 98.9. The number of phenolic OH excluding ortho intramolecular Hbond substituents is 1. The van der Waals surface area contributed by atoms with Gasteiger partial charge in [-0.05, 0) is 125 Å². The second kappa shape index (κ2) is 19.7. The van der Waals surface area contributed by atoms with Crippen molar-refractivity contribution in [3.63, 3.8) is 0 Å². The number of aromatic hydroxyl groups is 1. The Bertz CT molecular complexity index is 2220. The largest absolute Gasteiger partial charge is 0.508 e.